The Balaban J connectivity index is 1.11. The van der Waals surface area contributed by atoms with Gasteiger partial charge in [-0.25, -0.2) is 32.9 Å². The number of ether oxygens (including phenoxy) is 1. The van der Waals surface area contributed by atoms with Gasteiger partial charge in [-0.3, -0.25) is 19.1 Å². The number of carbonyl (C=O) groups is 2. The summed E-state index contributed by atoms with van der Waals surface area (Å²) in [6.07, 6.45) is 1.53. The van der Waals surface area contributed by atoms with Crippen molar-refractivity contribution < 1.29 is 36.3 Å². The Kier molecular flexibility index (Phi) is 11.1. The molecule has 1 amide bonds. The second-order valence-corrected chi connectivity index (χ2v) is 15.1. The molecule has 0 spiro atoms. The fourth-order valence-corrected chi connectivity index (χ4v) is 8.19. The fourth-order valence-electron chi connectivity index (χ4n) is 8.19. The molecule has 4 aromatic heterocycles. The lowest BCUT2D eigenvalue weighted by Crippen LogP contribution is -2.45. The second-order valence-electron chi connectivity index (χ2n) is 15.1. The molecule has 0 bridgehead atoms. The van der Waals surface area contributed by atoms with Crippen LogP contribution in [-0.2, 0) is 11.3 Å². The molecule has 1 saturated carbocycles. The first-order chi connectivity index (χ1) is 28.7. The van der Waals surface area contributed by atoms with Crippen LogP contribution >= 0.6 is 0 Å². The number of aromatic nitrogens is 5. The number of alkyl halides is 3. The largest absolute Gasteiger partial charge is 0.491 e. The maximum absolute atomic E-state index is 14.7. The molecule has 0 atom stereocenters. The first-order valence-electron chi connectivity index (χ1n) is 19.5. The molecule has 2 aromatic carbocycles. The van der Waals surface area contributed by atoms with Crippen molar-refractivity contribution in [1.29, 1.82) is 0 Å². The number of imidazole rings is 1. The highest BCUT2D eigenvalue weighted by Crippen LogP contribution is 2.33. The summed E-state index contributed by atoms with van der Waals surface area (Å²) >= 11 is 0. The number of halogens is 5. The monoisotopic (exact) mass is 830 g/mol. The number of piperidine rings is 1. The van der Waals surface area contributed by atoms with Crippen LogP contribution in [0.25, 0.3) is 33.5 Å². The highest BCUT2D eigenvalue weighted by molar-refractivity contribution is 5.93. The van der Waals surface area contributed by atoms with E-state index in [-0.39, 0.29) is 34.2 Å². The van der Waals surface area contributed by atoms with Crippen LogP contribution in [0.3, 0.4) is 0 Å². The maximum Gasteiger partial charge on any atom is 0.491 e. The second kappa shape index (κ2) is 16.4. The summed E-state index contributed by atoms with van der Waals surface area (Å²) in [4.78, 5) is 63.9. The molecule has 60 heavy (non-hydrogen) atoms. The average Bonchev–Trinajstić information content (AvgIpc) is 3.66. The van der Waals surface area contributed by atoms with E-state index in [9.17, 15) is 41.1 Å². The van der Waals surface area contributed by atoms with Gasteiger partial charge in [-0.1, -0.05) is 18.2 Å². The number of carbonyl (C=O) groups excluding carboxylic acids is 2. The molecule has 18 heteroatoms. The van der Waals surface area contributed by atoms with Crippen molar-refractivity contribution in [2.24, 2.45) is 0 Å². The molecule has 6 aromatic rings. The molecule has 2 aliphatic rings. The Morgan fingerprint density at radius 1 is 0.883 bits per heavy atom. The number of amides is 1. The topological polar surface area (TPSA) is 145 Å². The third-order valence-electron chi connectivity index (χ3n) is 11.3. The lowest BCUT2D eigenvalue weighted by Gasteiger charge is -2.32. The van der Waals surface area contributed by atoms with Crippen LogP contribution in [-0.4, -0.2) is 78.7 Å². The van der Waals surface area contributed by atoms with Crippen molar-refractivity contribution in [3.8, 4) is 22.6 Å². The molecule has 2 fully saturated rings. The van der Waals surface area contributed by atoms with Gasteiger partial charge in [0.05, 0.1) is 17.3 Å². The molecule has 8 rings (SSSR count). The van der Waals surface area contributed by atoms with E-state index in [1.165, 1.54) is 45.6 Å². The number of rotatable bonds is 9. The van der Waals surface area contributed by atoms with Crippen LogP contribution in [0.5, 0.6) is 5.75 Å². The van der Waals surface area contributed by atoms with Crippen molar-refractivity contribution in [2.45, 2.75) is 69.4 Å². The van der Waals surface area contributed by atoms with Crippen LogP contribution in [0.4, 0.5) is 22.0 Å². The first kappa shape index (κ1) is 40.5. The Bertz CT molecular complexity index is 2730. The molecule has 0 unspecified atom stereocenters. The zero-order valence-corrected chi connectivity index (χ0v) is 32.2. The summed E-state index contributed by atoms with van der Waals surface area (Å²) in [6.45, 7) is 1.74. The van der Waals surface area contributed by atoms with Crippen molar-refractivity contribution in [2.75, 3.05) is 20.1 Å². The van der Waals surface area contributed by atoms with Gasteiger partial charge in [-0.15, -0.1) is 0 Å². The number of hydrogen-bond acceptors (Lipinski definition) is 9. The molecule has 5 heterocycles. The lowest BCUT2D eigenvalue weighted by atomic mass is 9.90. The normalized spacial score (nSPS) is 17.9. The molecule has 1 aliphatic carbocycles. The van der Waals surface area contributed by atoms with E-state index >= 15 is 0 Å². The van der Waals surface area contributed by atoms with Gasteiger partial charge in [0.15, 0.2) is 5.65 Å². The van der Waals surface area contributed by atoms with Crippen molar-refractivity contribution in [3.63, 3.8) is 0 Å². The minimum Gasteiger partial charge on any atom is -0.420 e. The van der Waals surface area contributed by atoms with E-state index < -0.39 is 47.0 Å². The summed E-state index contributed by atoms with van der Waals surface area (Å²) in [5.41, 5.74) is 1.03. The zero-order chi connectivity index (χ0) is 42.3. The van der Waals surface area contributed by atoms with Crippen LogP contribution in [0.1, 0.15) is 60.6 Å². The Morgan fingerprint density at radius 2 is 1.65 bits per heavy atom. The number of nitrogens with one attached hydrogen (secondary N) is 2. The van der Waals surface area contributed by atoms with E-state index in [0.717, 1.165) is 29.7 Å². The molecule has 0 radical (unpaired) electrons. The van der Waals surface area contributed by atoms with Gasteiger partial charge in [-0.2, -0.15) is 13.2 Å². The Labute approximate surface area is 338 Å². The van der Waals surface area contributed by atoms with Gasteiger partial charge in [0, 0.05) is 37.1 Å². The predicted molar refractivity (Wildman–Crippen MR) is 210 cm³/mol. The maximum atomic E-state index is 14.7. The molecule has 2 N–H and O–H groups in total. The van der Waals surface area contributed by atoms with Gasteiger partial charge < -0.3 is 19.8 Å². The van der Waals surface area contributed by atoms with Crippen LogP contribution in [0, 0.1) is 11.6 Å². The van der Waals surface area contributed by atoms with Crippen LogP contribution in [0.15, 0.2) is 88.8 Å². The fraction of sp³-hybridized carbons (Fsp3) is 0.333. The summed E-state index contributed by atoms with van der Waals surface area (Å²) < 4.78 is 76.3. The van der Waals surface area contributed by atoms with Gasteiger partial charge in [0.25, 0.3) is 11.5 Å². The Morgan fingerprint density at radius 3 is 2.38 bits per heavy atom. The SMILES string of the molecule is CNC1CCN(Cc2cc(OC(=O)C(F)(F)F)ccc2-c2cccc(-n3c(=O)n(C4CCC(NC(=O)c5cn6cc(F)ccc6n5)CC4)c(=O)c4cc(F)cnc43)c2)CC1. The third-order valence-corrected chi connectivity index (χ3v) is 11.3. The number of fused-ring (bicyclic) bond motifs is 2. The minimum atomic E-state index is -5.19. The van der Waals surface area contributed by atoms with Crippen molar-refractivity contribution >= 4 is 28.6 Å². The molecule has 312 valence electrons. The molecular weight excluding hydrogens is 792 g/mol. The quantitative estimate of drug-likeness (QED) is 0.107. The molecule has 13 nitrogen and oxygen atoms in total. The van der Waals surface area contributed by atoms with Gasteiger partial charge in [0.1, 0.15) is 28.7 Å². The Hall–Kier alpha value is -6.27. The number of esters is 1. The number of nitrogens with zero attached hydrogens (tertiary/aromatic N) is 6. The van der Waals surface area contributed by atoms with Gasteiger partial charge in [0.2, 0.25) is 0 Å². The third kappa shape index (κ3) is 8.29. The van der Waals surface area contributed by atoms with E-state index in [1.54, 1.807) is 30.3 Å². The van der Waals surface area contributed by atoms with Crippen LogP contribution < -0.4 is 26.6 Å². The summed E-state index contributed by atoms with van der Waals surface area (Å²) in [5.74, 6) is -4.33. The van der Waals surface area contributed by atoms with Crippen molar-refractivity contribution in [1.82, 2.24) is 39.0 Å². The number of benzene rings is 2. The van der Waals surface area contributed by atoms with E-state index in [1.807, 2.05) is 7.05 Å². The number of likely N-dealkylation sites (tertiary alicyclic amines) is 1. The molecule has 1 aliphatic heterocycles. The van der Waals surface area contributed by atoms with E-state index in [0.29, 0.717) is 73.7 Å². The number of pyridine rings is 2. The predicted octanol–water partition coefficient (Wildman–Crippen LogP) is 5.71. The smallest absolute Gasteiger partial charge is 0.420 e. The molecular formula is C42H39F5N8O5. The number of hydrogen-bond donors (Lipinski definition) is 2. The van der Waals surface area contributed by atoms with E-state index in [4.69, 9.17) is 4.74 Å². The van der Waals surface area contributed by atoms with E-state index in [2.05, 4.69) is 25.5 Å². The van der Waals surface area contributed by atoms with Gasteiger partial charge >= 0.3 is 17.8 Å². The summed E-state index contributed by atoms with van der Waals surface area (Å²) in [7, 11) is 1.89. The van der Waals surface area contributed by atoms with Crippen LogP contribution in [0.2, 0.25) is 0 Å². The average molecular weight is 831 g/mol. The first-order valence-corrected chi connectivity index (χ1v) is 19.5. The summed E-state index contributed by atoms with van der Waals surface area (Å²) in [6, 6.07) is 14.1. The standard InChI is InChI=1S/C42H39F5N8O5/c1-48-28-13-15-52(16-14-28)21-25-18-32(60-40(58)42(45,46)47)10-11-33(25)24-3-2-4-31(17-24)54-37-34(19-27(44)20-49-37)39(57)55(41(54)59)30-8-6-29(7-9-30)50-38(56)35-23-53-22-26(43)5-12-36(53)51-35/h2-5,10-12,17-20,22-23,28-30,48H,6-9,13-16,21H2,1H3,(H,50,56). The summed E-state index contributed by atoms with van der Waals surface area (Å²) in [5, 5.41) is 6.09. The minimum absolute atomic E-state index is 0.0740. The van der Waals surface area contributed by atoms with Crippen molar-refractivity contribution in [3.05, 3.63) is 123 Å². The lowest BCUT2D eigenvalue weighted by molar-refractivity contribution is -0.189. The highest BCUT2D eigenvalue weighted by atomic mass is 19.4. The highest BCUT2D eigenvalue weighted by Gasteiger charge is 2.41. The van der Waals surface area contributed by atoms with Gasteiger partial charge in [-0.05, 0) is 118 Å². The zero-order valence-electron chi connectivity index (χ0n) is 32.2. The molecule has 1 saturated heterocycles.